The molecule has 0 saturated carbocycles. The van der Waals surface area contributed by atoms with Gasteiger partial charge in [0.05, 0.1) is 43.8 Å². The molecule has 0 spiro atoms. The molecule has 7 nitrogen and oxygen atoms in total. The second-order valence-electron chi connectivity index (χ2n) is 10.1. The van der Waals surface area contributed by atoms with Crippen molar-refractivity contribution in [3.05, 3.63) is 125 Å². The number of aryl methyl sites for hydroxylation is 1. The number of rotatable bonds is 8. The standard InChI is InChI=1S/C33H31N5O2/c1-2-40-32(39)30-27-19-20-29-28(31(27)37(36-30)22-12-21-34)23-38(35-29)33(24-13-6-3-7-14-24,25-15-8-4-9-16-25)26-17-10-5-11-18-26/h3-11,13-18,28H,2,12,19-20,22-23H2,1H3. The number of ether oxygens (including phenoxy) is 1. The Balaban J connectivity index is 1.52. The van der Waals surface area contributed by atoms with Gasteiger partial charge in [-0.3, -0.25) is 9.69 Å². The zero-order chi connectivity index (χ0) is 27.5. The van der Waals surface area contributed by atoms with E-state index in [1.807, 2.05) is 22.9 Å². The lowest BCUT2D eigenvalue weighted by molar-refractivity contribution is 0.0517. The largest absolute Gasteiger partial charge is 0.461 e. The first kappa shape index (κ1) is 25.6. The molecule has 200 valence electrons. The number of esters is 1. The molecule has 1 atom stereocenters. The Hall–Kier alpha value is -4.70. The van der Waals surface area contributed by atoms with Gasteiger partial charge in [0.1, 0.15) is 5.54 Å². The van der Waals surface area contributed by atoms with E-state index >= 15 is 0 Å². The maximum absolute atomic E-state index is 12.9. The summed E-state index contributed by atoms with van der Waals surface area (Å²) < 4.78 is 7.20. The lowest BCUT2D eigenvalue weighted by atomic mass is 9.76. The van der Waals surface area contributed by atoms with E-state index in [4.69, 9.17) is 9.84 Å². The third kappa shape index (κ3) is 4.17. The van der Waals surface area contributed by atoms with Crippen molar-refractivity contribution in [2.45, 2.75) is 44.2 Å². The van der Waals surface area contributed by atoms with Gasteiger partial charge in [0.25, 0.3) is 0 Å². The van der Waals surface area contributed by atoms with E-state index in [-0.39, 0.29) is 12.5 Å². The van der Waals surface area contributed by atoms with Crippen LogP contribution in [0.3, 0.4) is 0 Å². The van der Waals surface area contributed by atoms with E-state index in [2.05, 4.69) is 89.0 Å². The lowest BCUT2D eigenvalue weighted by Gasteiger charge is -2.42. The molecule has 0 radical (unpaired) electrons. The van der Waals surface area contributed by atoms with Crippen molar-refractivity contribution in [3.63, 3.8) is 0 Å². The Morgan fingerprint density at radius 1 is 0.950 bits per heavy atom. The maximum atomic E-state index is 12.9. The molecule has 0 bridgehead atoms. The van der Waals surface area contributed by atoms with Gasteiger partial charge in [0.15, 0.2) is 5.69 Å². The van der Waals surface area contributed by atoms with Gasteiger partial charge in [-0.1, -0.05) is 91.0 Å². The smallest absolute Gasteiger partial charge is 0.359 e. The van der Waals surface area contributed by atoms with E-state index in [1.54, 1.807) is 6.92 Å². The monoisotopic (exact) mass is 529 g/mol. The fourth-order valence-electron chi connectivity index (χ4n) is 6.30. The van der Waals surface area contributed by atoms with Gasteiger partial charge in [-0.05, 0) is 36.5 Å². The minimum absolute atomic E-state index is 0.0476. The van der Waals surface area contributed by atoms with Crippen LogP contribution in [0.1, 0.15) is 64.1 Å². The summed E-state index contributed by atoms with van der Waals surface area (Å²) in [7, 11) is 0. The number of hydrogen-bond donors (Lipinski definition) is 0. The summed E-state index contributed by atoms with van der Waals surface area (Å²) in [5.74, 6) is -0.453. The van der Waals surface area contributed by atoms with Gasteiger partial charge in [-0.15, -0.1) is 0 Å². The molecule has 2 heterocycles. The van der Waals surface area contributed by atoms with Crippen molar-refractivity contribution < 1.29 is 9.53 Å². The number of carbonyl (C=O) groups is 1. The number of carbonyl (C=O) groups excluding carboxylic acids is 1. The molecular formula is C33H31N5O2. The molecule has 3 aromatic carbocycles. The van der Waals surface area contributed by atoms with Gasteiger partial charge < -0.3 is 4.74 Å². The molecule has 2 aliphatic rings. The van der Waals surface area contributed by atoms with Crippen LogP contribution in [0.4, 0.5) is 0 Å². The zero-order valence-corrected chi connectivity index (χ0v) is 22.5. The zero-order valence-electron chi connectivity index (χ0n) is 22.5. The van der Waals surface area contributed by atoms with Crippen molar-refractivity contribution in [3.8, 4) is 6.07 Å². The van der Waals surface area contributed by atoms with E-state index < -0.39 is 11.5 Å². The number of hydrazone groups is 1. The lowest BCUT2D eigenvalue weighted by Crippen LogP contribution is -2.45. The molecule has 1 aliphatic heterocycles. The Labute approximate surface area is 234 Å². The van der Waals surface area contributed by atoms with Crippen LogP contribution in [0.2, 0.25) is 0 Å². The molecule has 0 fully saturated rings. The van der Waals surface area contributed by atoms with Crippen molar-refractivity contribution in [1.29, 1.82) is 5.26 Å². The van der Waals surface area contributed by atoms with E-state index in [9.17, 15) is 10.1 Å². The van der Waals surface area contributed by atoms with Crippen LogP contribution in [-0.4, -0.2) is 39.6 Å². The molecule has 0 N–H and O–H groups in total. The third-order valence-electron chi connectivity index (χ3n) is 7.93. The van der Waals surface area contributed by atoms with Gasteiger partial charge in [0, 0.05) is 11.3 Å². The highest BCUT2D eigenvalue weighted by Gasteiger charge is 2.48. The van der Waals surface area contributed by atoms with Gasteiger partial charge >= 0.3 is 5.97 Å². The Bertz CT molecular complexity index is 1480. The second-order valence-corrected chi connectivity index (χ2v) is 10.1. The first-order valence-corrected chi connectivity index (χ1v) is 13.8. The minimum Gasteiger partial charge on any atom is -0.461 e. The summed E-state index contributed by atoms with van der Waals surface area (Å²) in [4.78, 5) is 12.9. The highest BCUT2D eigenvalue weighted by molar-refractivity contribution is 5.97. The molecule has 1 unspecified atom stereocenters. The predicted octanol–water partition coefficient (Wildman–Crippen LogP) is 5.67. The van der Waals surface area contributed by atoms with Crippen LogP contribution < -0.4 is 0 Å². The number of aromatic nitrogens is 2. The Morgan fingerprint density at radius 2 is 1.52 bits per heavy atom. The first-order chi connectivity index (χ1) is 19.7. The van der Waals surface area contributed by atoms with Crippen LogP contribution in [0.5, 0.6) is 0 Å². The predicted molar refractivity (Wildman–Crippen MR) is 153 cm³/mol. The van der Waals surface area contributed by atoms with Crippen LogP contribution in [0, 0.1) is 11.3 Å². The number of fused-ring (bicyclic) bond motifs is 3. The van der Waals surface area contributed by atoms with E-state index in [0.717, 1.165) is 40.1 Å². The molecule has 1 aliphatic carbocycles. The summed E-state index contributed by atoms with van der Waals surface area (Å²) in [6.07, 6.45) is 1.70. The summed E-state index contributed by atoms with van der Waals surface area (Å²) in [5.41, 5.74) is 6.06. The third-order valence-corrected chi connectivity index (χ3v) is 7.93. The molecule has 0 amide bonds. The Kier molecular flexibility index (Phi) is 6.91. The van der Waals surface area contributed by atoms with Crippen LogP contribution >= 0.6 is 0 Å². The molecular weight excluding hydrogens is 498 g/mol. The molecule has 6 rings (SSSR count). The SMILES string of the molecule is CCOC(=O)c1nn(CCC#N)c2c1CCC1=NN(C(c3ccccc3)(c3ccccc3)c3ccccc3)CC12. The van der Waals surface area contributed by atoms with Crippen LogP contribution in [-0.2, 0) is 23.2 Å². The van der Waals surface area contributed by atoms with Crippen molar-refractivity contribution in [2.75, 3.05) is 13.2 Å². The molecule has 4 aromatic rings. The number of nitriles is 1. The van der Waals surface area contributed by atoms with Crippen LogP contribution in [0.25, 0.3) is 0 Å². The van der Waals surface area contributed by atoms with Crippen molar-refractivity contribution in [1.82, 2.24) is 14.8 Å². The second kappa shape index (κ2) is 10.8. The Morgan fingerprint density at radius 3 is 2.05 bits per heavy atom. The number of hydrogen-bond acceptors (Lipinski definition) is 6. The normalized spacial score (nSPS) is 16.1. The summed E-state index contributed by atoms with van der Waals surface area (Å²) in [5, 5.41) is 21.6. The van der Waals surface area contributed by atoms with Crippen LogP contribution in [0.15, 0.2) is 96.1 Å². The average molecular weight is 530 g/mol. The van der Waals surface area contributed by atoms with E-state index in [0.29, 0.717) is 31.6 Å². The van der Waals surface area contributed by atoms with E-state index in [1.165, 1.54) is 0 Å². The topological polar surface area (TPSA) is 83.5 Å². The highest BCUT2D eigenvalue weighted by atomic mass is 16.5. The fraction of sp³-hybridized carbons (Fsp3) is 0.273. The molecule has 40 heavy (non-hydrogen) atoms. The summed E-state index contributed by atoms with van der Waals surface area (Å²) in [6, 6.07) is 33.8. The van der Waals surface area contributed by atoms with Crippen molar-refractivity contribution in [2.24, 2.45) is 5.10 Å². The number of nitrogens with zero attached hydrogens (tertiary/aromatic N) is 5. The molecule has 1 aromatic heterocycles. The fourth-order valence-corrected chi connectivity index (χ4v) is 6.30. The molecule has 7 heteroatoms. The highest BCUT2D eigenvalue weighted by Crippen LogP contribution is 2.47. The maximum Gasteiger partial charge on any atom is 0.359 e. The van der Waals surface area contributed by atoms with Gasteiger partial charge in [0.2, 0.25) is 0 Å². The number of benzene rings is 3. The minimum atomic E-state index is -0.671. The van der Waals surface area contributed by atoms with Gasteiger partial charge in [-0.2, -0.15) is 15.5 Å². The van der Waals surface area contributed by atoms with Crippen molar-refractivity contribution >= 4 is 11.7 Å². The first-order valence-electron chi connectivity index (χ1n) is 13.8. The average Bonchev–Trinajstić information content (AvgIpc) is 3.60. The molecule has 0 saturated heterocycles. The summed E-state index contributed by atoms with van der Waals surface area (Å²) in [6.45, 7) is 3.12. The summed E-state index contributed by atoms with van der Waals surface area (Å²) >= 11 is 0. The van der Waals surface area contributed by atoms with Gasteiger partial charge in [-0.25, -0.2) is 4.79 Å². The quantitative estimate of drug-likeness (QED) is 0.217.